The minimum absolute atomic E-state index is 0.128. The number of nitrogens with one attached hydrogen (secondary N) is 2. The summed E-state index contributed by atoms with van der Waals surface area (Å²) in [4.78, 5) is 27.2. The molecule has 8 heteroatoms. The number of hydrogen-bond acceptors (Lipinski definition) is 6. The SMILES string of the molecule is CC(=O)C(N=Nc1ncn[nH]1)C(=O)Nc1ccccc1. The second-order valence-corrected chi connectivity index (χ2v) is 3.89. The Labute approximate surface area is 114 Å². The molecule has 8 nitrogen and oxygen atoms in total. The van der Waals surface area contributed by atoms with Gasteiger partial charge in [0.1, 0.15) is 6.33 Å². The summed E-state index contributed by atoms with van der Waals surface area (Å²) in [6.07, 6.45) is 1.25. The molecule has 1 heterocycles. The number of rotatable bonds is 5. The average molecular weight is 272 g/mol. The highest BCUT2D eigenvalue weighted by Crippen LogP contribution is 2.09. The summed E-state index contributed by atoms with van der Waals surface area (Å²) in [5.41, 5.74) is 0.582. The van der Waals surface area contributed by atoms with Crippen molar-refractivity contribution in [3.05, 3.63) is 36.7 Å². The molecule has 1 amide bonds. The number of carbonyl (C=O) groups is 2. The third kappa shape index (κ3) is 3.55. The molecule has 1 aromatic heterocycles. The van der Waals surface area contributed by atoms with Crippen LogP contribution in [-0.4, -0.2) is 32.9 Å². The van der Waals surface area contributed by atoms with Gasteiger partial charge in [-0.3, -0.25) is 9.59 Å². The van der Waals surface area contributed by atoms with Gasteiger partial charge in [-0.25, -0.2) is 5.10 Å². The maximum atomic E-state index is 12.0. The lowest BCUT2D eigenvalue weighted by Gasteiger charge is -2.08. The topological polar surface area (TPSA) is 112 Å². The van der Waals surface area contributed by atoms with E-state index in [1.54, 1.807) is 24.3 Å². The molecule has 1 unspecified atom stereocenters. The molecule has 0 spiro atoms. The van der Waals surface area contributed by atoms with Crippen molar-refractivity contribution in [2.75, 3.05) is 5.32 Å². The van der Waals surface area contributed by atoms with E-state index in [2.05, 4.69) is 30.7 Å². The van der Waals surface area contributed by atoms with Crippen LogP contribution in [0, 0.1) is 0 Å². The van der Waals surface area contributed by atoms with Crippen molar-refractivity contribution >= 4 is 23.3 Å². The van der Waals surface area contributed by atoms with Crippen LogP contribution in [0.4, 0.5) is 11.6 Å². The van der Waals surface area contributed by atoms with E-state index in [0.29, 0.717) is 5.69 Å². The summed E-state index contributed by atoms with van der Waals surface area (Å²) in [6, 6.07) is 7.57. The van der Waals surface area contributed by atoms with E-state index in [1.165, 1.54) is 13.3 Å². The van der Waals surface area contributed by atoms with Crippen molar-refractivity contribution in [1.82, 2.24) is 15.2 Å². The summed E-state index contributed by atoms with van der Waals surface area (Å²) in [6.45, 7) is 1.27. The highest BCUT2D eigenvalue weighted by Gasteiger charge is 2.23. The number of H-pyrrole nitrogens is 1. The standard InChI is InChI=1S/C12H12N6O2/c1-8(19)10(16-18-12-13-7-14-17-12)11(20)15-9-5-3-2-4-6-9/h2-7,10H,1H3,(H,15,20)(H,13,14,17). The number of aromatic amines is 1. The van der Waals surface area contributed by atoms with Crippen LogP contribution < -0.4 is 5.32 Å². The van der Waals surface area contributed by atoms with Crippen molar-refractivity contribution in [1.29, 1.82) is 0 Å². The smallest absolute Gasteiger partial charge is 0.264 e. The first-order valence-corrected chi connectivity index (χ1v) is 5.79. The molecule has 0 aliphatic heterocycles. The van der Waals surface area contributed by atoms with Crippen molar-refractivity contribution in [3.63, 3.8) is 0 Å². The van der Waals surface area contributed by atoms with E-state index in [0.717, 1.165) is 0 Å². The lowest BCUT2D eigenvalue weighted by atomic mass is 10.2. The predicted molar refractivity (Wildman–Crippen MR) is 70.4 cm³/mol. The Morgan fingerprint density at radius 1 is 1.30 bits per heavy atom. The van der Waals surface area contributed by atoms with Crippen LogP contribution in [0.15, 0.2) is 46.9 Å². The maximum Gasteiger partial charge on any atom is 0.264 e. The summed E-state index contributed by atoms with van der Waals surface area (Å²) >= 11 is 0. The fourth-order valence-corrected chi connectivity index (χ4v) is 1.41. The predicted octanol–water partition coefficient (Wildman–Crippen LogP) is 1.48. The number of amides is 1. The Morgan fingerprint density at radius 2 is 2.05 bits per heavy atom. The van der Waals surface area contributed by atoms with E-state index >= 15 is 0 Å². The first-order chi connectivity index (χ1) is 9.66. The van der Waals surface area contributed by atoms with Crippen LogP contribution in [0.25, 0.3) is 0 Å². The molecule has 0 bridgehead atoms. The molecule has 0 saturated carbocycles. The molecule has 2 aromatic rings. The van der Waals surface area contributed by atoms with Gasteiger partial charge >= 0.3 is 0 Å². The lowest BCUT2D eigenvalue weighted by molar-refractivity contribution is -0.126. The third-order valence-electron chi connectivity index (χ3n) is 2.34. The van der Waals surface area contributed by atoms with Crippen LogP contribution in [0.3, 0.4) is 0 Å². The van der Waals surface area contributed by atoms with E-state index in [4.69, 9.17) is 0 Å². The summed E-state index contributed by atoms with van der Waals surface area (Å²) in [5.74, 6) is -0.836. The Hall–Kier alpha value is -2.90. The van der Waals surface area contributed by atoms with E-state index < -0.39 is 17.7 Å². The number of Topliss-reactive ketones (excluding diaryl/α,β-unsaturated/α-hetero) is 1. The van der Waals surface area contributed by atoms with Crippen LogP contribution in [-0.2, 0) is 9.59 Å². The number of carbonyl (C=O) groups excluding carboxylic acids is 2. The van der Waals surface area contributed by atoms with Gasteiger partial charge in [-0.2, -0.15) is 15.2 Å². The molecular formula is C12H12N6O2. The molecule has 2 rings (SSSR count). The van der Waals surface area contributed by atoms with Gasteiger partial charge in [0.25, 0.3) is 11.9 Å². The number of anilines is 1. The van der Waals surface area contributed by atoms with Crippen molar-refractivity contribution in [2.24, 2.45) is 10.2 Å². The van der Waals surface area contributed by atoms with E-state index in [9.17, 15) is 9.59 Å². The van der Waals surface area contributed by atoms with Gasteiger partial charge in [0.2, 0.25) is 6.04 Å². The molecule has 0 fully saturated rings. The maximum absolute atomic E-state index is 12.0. The number of para-hydroxylation sites is 1. The van der Waals surface area contributed by atoms with Gasteiger partial charge in [0.15, 0.2) is 5.78 Å². The van der Waals surface area contributed by atoms with Crippen molar-refractivity contribution in [2.45, 2.75) is 13.0 Å². The largest absolute Gasteiger partial charge is 0.324 e. The van der Waals surface area contributed by atoms with Crippen LogP contribution in [0.2, 0.25) is 0 Å². The summed E-state index contributed by atoms with van der Waals surface area (Å²) in [7, 11) is 0. The number of benzene rings is 1. The molecule has 0 radical (unpaired) electrons. The zero-order chi connectivity index (χ0) is 14.4. The molecule has 0 aliphatic rings. The number of ketones is 1. The zero-order valence-corrected chi connectivity index (χ0v) is 10.6. The van der Waals surface area contributed by atoms with Gasteiger partial charge in [-0.05, 0) is 19.1 Å². The highest BCUT2D eigenvalue weighted by atomic mass is 16.2. The van der Waals surface area contributed by atoms with Gasteiger partial charge in [0.05, 0.1) is 0 Å². The highest BCUT2D eigenvalue weighted by molar-refractivity contribution is 6.10. The lowest BCUT2D eigenvalue weighted by Crippen LogP contribution is -2.31. The molecule has 2 N–H and O–H groups in total. The van der Waals surface area contributed by atoms with Gasteiger partial charge < -0.3 is 5.32 Å². The number of azo groups is 1. The minimum Gasteiger partial charge on any atom is -0.324 e. The Balaban J connectivity index is 2.08. The fourth-order valence-electron chi connectivity index (χ4n) is 1.41. The van der Waals surface area contributed by atoms with E-state index in [-0.39, 0.29) is 5.95 Å². The molecule has 1 aromatic carbocycles. The number of nitrogens with zero attached hydrogens (tertiary/aromatic N) is 4. The van der Waals surface area contributed by atoms with Crippen LogP contribution in [0.1, 0.15) is 6.92 Å². The van der Waals surface area contributed by atoms with E-state index in [1.807, 2.05) is 6.07 Å². The summed E-state index contributed by atoms with van der Waals surface area (Å²) < 4.78 is 0. The normalized spacial score (nSPS) is 12.2. The zero-order valence-electron chi connectivity index (χ0n) is 10.6. The van der Waals surface area contributed by atoms with Crippen LogP contribution >= 0.6 is 0 Å². The second-order valence-electron chi connectivity index (χ2n) is 3.89. The monoisotopic (exact) mass is 272 g/mol. The van der Waals surface area contributed by atoms with Gasteiger partial charge in [0, 0.05) is 5.69 Å². The summed E-state index contributed by atoms with van der Waals surface area (Å²) in [5, 5.41) is 16.0. The van der Waals surface area contributed by atoms with Crippen molar-refractivity contribution in [3.8, 4) is 0 Å². The molecule has 20 heavy (non-hydrogen) atoms. The Bertz CT molecular complexity index is 608. The molecule has 1 atom stereocenters. The first-order valence-electron chi connectivity index (χ1n) is 5.79. The quantitative estimate of drug-likeness (QED) is 0.634. The van der Waals surface area contributed by atoms with Gasteiger partial charge in [-0.1, -0.05) is 18.2 Å². The second kappa shape index (κ2) is 6.32. The first kappa shape index (κ1) is 13.5. The Kier molecular flexibility index (Phi) is 4.28. The minimum atomic E-state index is -1.22. The number of hydrogen-bond donors (Lipinski definition) is 2. The number of aromatic nitrogens is 3. The third-order valence-corrected chi connectivity index (χ3v) is 2.34. The van der Waals surface area contributed by atoms with Gasteiger partial charge in [-0.15, -0.1) is 5.11 Å². The molecule has 0 saturated heterocycles. The van der Waals surface area contributed by atoms with Crippen molar-refractivity contribution < 1.29 is 9.59 Å². The molecule has 102 valence electrons. The van der Waals surface area contributed by atoms with Crippen LogP contribution in [0.5, 0.6) is 0 Å². The Morgan fingerprint density at radius 3 is 2.65 bits per heavy atom. The molecule has 0 aliphatic carbocycles. The molecular weight excluding hydrogens is 260 g/mol. The average Bonchev–Trinajstić information content (AvgIpc) is 2.93. The fraction of sp³-hybridized carbons (Fsp3) is 0.167.